The molecule has 2 heterocycles. The lowest BCUT2D eigenvalue weighted by Crippen LogP contribution is -2.49. The van der Waals surface area contributed by atoms with Gasteiger partial charge < -0.3 is 14.4 Å². The van der Waals surface area contributed by atoms with Crippen molar-refractivity contribution in [3.63, 3.8) is 0 Å². The average molecular weight is 299 g/mol. The smallest absolute Gasteiger partial charge is 0.257 e. The van der Waals surface area contributed by atoms with E-state index in [2.05, 4.69) is 16.9 Å². The summed E-state index contributed by atoms with van der Waals surface area (Å²) < 4.78 is 10.9. The van der Waals surface area contributed by atoms with E-state index in [1.54, 1.807) is 18.0 Å². The summed E-state index contributed by atoms with van der Waals surface area (Å²) in [5, 5.41) is 2.55. The van der Waals surface area contributed by atoms with Crippen LogP contribution in [0.3, 0.4) is 0 Å². The van der Waals surface area contributed by atoms with E-state index < -0.39 is 6.10 Å². The zero-order valence-electron chi connectivity index (χ0n) is 12.1. The highest BCUT2D eigenvalue weighted by molar-refractivity contribution is 7.13. The first-order valence-corrected chi connectivity index (χ1v) is 7.53. The molecule has 1 saturated heterocycles. The number of carbonyl (C=O) groups is 1. The molecule has 0 saturated carbocycles. The summed E-state index contributed by atoms with van der Waals surface area (Å²) in [5.74, 6) is -0.0840. The number of ether oxygens (including phenoxy) is 2. The first kappa shape index (κ1) is 15.4. The number of aromatic nitrogens is 1. The van der Waals surface area contributed by atoms with Crippen molar-refractivity contribution in [3.05, 3.63) is 11.6 Å². The fraction of sp³-hybridized carbons (Fsp3) is 0.692. The van der Waals surface area contributed by atoms with Crippen LogP contribution in [0.15, 0.2) is 11.6 Å². The maximum atomic E-state index is 12.4. The van der Waals surface area contributed by atoms with Crippen molar-refractivity contribution in [2.45, 2.75) is 19.1 Å². The van der Waals surface area contributed by atoms with E-state index >= 15 is 0 Å². The van der Waals surface area contributed by atoms with E-state index in [0.717, 1.165) is 13.1 Å². The van der Waals surface area contributed by atoms with Gasteiger partial charge in [-0.3, -0.25) is 9.69 Å². The Morgan fingerprint density at radius 2 is 2.55 bits per heavy atom. The molecular weight excluding hydrogens is 278 g/mol. The van der Waals surface area contributed by atoms with Crippen LogP contribution < -0.4 is 4.90 Å². The minimum Gasteiger partial charge on any atom is -0.374 e. The van der Waals surface area contributed by atoms with Crippen LogP contribution in [0.5, 0.6) is 0 Å². The fourth-order valence-electron chi connectivity index (χ4n) is 2.11. The number of morpholine rings is 1. The van der Waals surface area contributed by atoms with Gasteiger partial charge in [0.1, 0.15) is 6.10 Å². The Morgan fingerprint density at radius 3 is 3.15 bits per heavy atom. The van der Waals surface area contributed by atoms with Crippen LogP contribution in [0.25, 0.3) is 0 Å². The molecule has 0 spiro atoms. The molecule has 0 N–H and O–H groups in total. The minimum absolute atomic E-state index is 0.00524. The van der Waals surface area contributed by atoms with Gasteiger partial charge in [-0.05, 0) is 14.0 Å². The van der Waals surface area contributed by atoms with Crippen molar-refractivity contribution in [1.29, 1.82) is 0 Å². The molecule has 1 aromatic heterocycles. The van der Waals surface area contributed by atoms with E-state index in [-0.39, 0.29) is 12.0 Å². The highest BCUT2D eigenvalue weighted by Crippen LogP contribution is 2.20. The summed E-state index contributed by atoms with van der Waals surface area (Å²) in [6.45, 7) is 4.69. The zero-order valence-corrected chi connectivity index (χ0v) is 12.9. The Balaban J connectivity index is 2.08. The van der Waals surface area contributed by atoms with Crippen molar-refractivity contribution in [2.24, 2.45) is 0 Å². The summed E-state index contributed by atoms with van der Waals surface area (Å²) in [7, 11) is 3.59. The Bertz CT molecular complexity index is 427. The molecule has 2 rings (SSSR count). The fourth-order valence-corrected chi connectivity index (χ4v) is 2.77. The lowest BCUT2D eigenvalue weighted by Gasteiger charge is -2.33. The Kier molecular flexibility index (Phi) is 5.47. The topological polar surface area (TPSA) is 54.9 Å². The van der Waals surface area contributed by atoms with Crippen LogP contribution in [0.2, 0.25) is 0 Å². The molecule has 1 aliphatic heterocycles. The van der Waals surface area contributed by atoms with Crippen molar-refractivity contribution in [2.75, 3.05) is 45.3 Å². The standard InChI is InChI=1S/C13H21N3O3S/c1-10(18-3)12(17)16(13-14-4-7-20-13)9-11-8-15(2)5-6-19-11/h4,7,10-11H,5-6,8-9H2,1-3H3/t10-,11-/m1/s1. The van der Waals surface area contributed by atoms with Gasteiger partial charge in [-0.2, -0.15) is 0 Å². The summed E-state index contributed by atoms with van der Waals surface area (Å²) in [4.78, 5) is 20.5. The molecule has 0 unspecified atom stereocenters. The third kappa shape index (κ3) is 3.76. The quantitative estimate of drug-likeness (QED) is 0.806. The zero-order chi connectivity index (χ0) is 14.5. The molecule has 1 fully saturated rings. The van der Waals surface area contributed by atoms with E-state index in [0.29, 0.717) is 18.3 Å². The van der Waals surface area contributed by atoms with Gasteiger partial charge in [0.25, 0.3) is 5.91 Å². The molecule has 0 radical (unpaired) electrons. The highest BCUT2D eigenvalue weighted by atomic mass is 32.1. The number of hydrogen-bond acceptors (Lipinski definition) is 6. The molecule has 20 heavy (non-hydrogen) atoms. The van der Waals surface area contributed by atoms with Crippen molar-refractivity contribution >= 4 is 22.4 Å². The SMILES string of the molecule is CO[C@H](C)C(=O)N(C[C@H]1CN(C)CCO1)c1nccs1. The monoisotopic (exact) mass is 299 g/mol. The number of methoxy groups -OCH3 is 1. The molecular formula is C13H21N3O3S. The summed E-state index contributed by atoms with van der Waals surface area (Å²) in [6.07, 6.45) is 1.22. The Labute approximate surface area is 123 Å². The minimum atomic E-state index is -0.486. The molecule has 112 valence electrons. The van der Waals surface area contributed by atoms with E-state index in [1.807, 2.05) is 5.38 Å². The normalized spacial score (nSPS) is 21.6. The maximum Gasteiger partial charge on any atom is 0.257 e. The third-order valence-electron chi connectivity index (χ3n) is 3.35. The van der Waals surface area contributed by atoms with Crippen molar-refractivity contribution in [1.82, 2.24) is 9.88 Å². The van der Waals surface area contributed by atoms with Crippen LogP contribution in [-0.4, -0.2) is 68.4 Å². The van der Waals surface area contributed by atoms with Crippen LogP contribution in [-0.2, 0) is 14.3 Å². The molecule has 2 atom stereocenters. The highest BCUT2D eigenvalue weighted by Gasteiger charge is 2.28. The first-order chi connectivity index (χ1) is 9.61. The molecule has 1 aromatic rings. The van der Waals surface area contributed by atoms with Gasteiger partial charge in [-0.1, -0.05) is 0 Å². The van der Waals surface area contributed by atoms with Crippen molar-refractivity contribution < 1.29 is 14.3 Å². The number of thiazole rings is 1. The number of amides is 1. The third-order valence-corrected chi connectivity index (χ3v) is 4.14. The second kappa shape index (κ2) is 7.12. The van der Waals surface area contributed by atoms with E-state index in [1.165, 1.54) is 18.4 Å². The number of hydrogen-bond donors (Lipinski definition) is 0. The number of rotatable bonds is 5. The average Bonchev–Trinajstić information content (AvgIpc) is 2.97. The number of likely N-dealkylation sites (N-methyl/N-ethyl adjacent to an activating group) is 1. The predicted octanol–water partition coefficient (Wildman–Crippen LogP) is 0.842. The second-order valence-corrected chi connectivity index (χ2v) is 5.77. The maximum absolute atomic E-state index is 12.4. The molecule has 1 aliphatic rings. The largest absolute Gasteiger partial charge is 0.374 e. The van der Waals surface area contributed by atoms with E-state index in [4.69, 9.17) is 9.47 Å². The molecule has 1 amide bonds. The first-order valence-electron chi connectivity index (χ1n) is 6.65. The number of nitrogens with zero attached hydrogens (tertiary/aromatic N) is 3. The molecule has 0 aliphatic carbocycles. The van der Waals surface area contributed by atoms with Crippen LogP contribution in [0.1, 0.15) is 6.92 Å². The lowest BCUT2D eigenvalue weighted by atomic mass is 10.2. The molecule has 7 heteroatoms. The summed E-state index contributed by atoms with van der Waals surface area (Å²) >= 11 is 1.45. The van der Waals surface area contributed by atoms with Crippen LogP contribution in [0.4, 0.5) is 5.13 Å². The van der Waals surface area contributed by atoms with Gasteiger partial charge in [0.05, 0.1) is 19.3 Å². The number of carbonyl (C=O) groups excluding carboxylic acids is 1. The molecule has 0 aromatic carbocycles. The van der Waals surface area contributed by atoms with Gasteiger partial charge in [-0.25, -0.2) is 4.98 Å². The summed E-state index contributed by atoms with van der Waals surface area (Å²) in [6, 6.07) is 0. The van der Waals surface area contributed by atoms with Gasteiger partial charge in [0, 0.05) is 31.8 Å². The second-order valence-electron chi connectivity index (χ2n) is 4.90. The van der Waals surface area contributed by atoms with Gasteiger partial charge in [0.15, 0.2) is 5.13 Å². The van der Waals surface area contributed by atoms with Gasteiger partial charge in [-0.15, -0.1) is 11.3 Å². The van der Waals surface area contributed by atoms with Crippen LogP contribution in [0, 0.1) is 0 Å². The molecule has 0 bridgehead atoms. The van der Waals surface area contributed by atoms with Crippen LogP contribution >= 0.6 is 11.3 Å². The lowest BCUT2D eigenvalue weighted by molar-refractivity contribution is -0.128. The molecule has 6 nitrogen and oxygen atoms in total. The van der Waals surface area contributed by atoms with Gasteiger partial charge >= 0.3 is 0 Å². The predicted molar refractivity (Wildman–Crippen MR) is 78.2 cm³/mol. The number of anilines is 1. The summed E-state index contributed by atoms with van der Waals surface area (Å²) in [5.41, 5.74) is 0. The Morgan fingerprint density at radius 1 is 1.75 bits per heavy atom. The van der Waals surface area contributed by atoms with Gasteiger partial charge in [0.2, 0.25) is 0 Å². The Hall–Kier alpha value is -1.02. The van der Waals surface area contributed by atoms with Crippen molar-refractivity contribution in [3.8, 4) is 0 Å². The van der Waals surface area contributed by atoms with E-state index in [9.17, 15) is 4.79 Å².